The van der Waals surface area contributed by atoms with Gasteiger partial charge in [-0.25, -0.2) is 0 Å². The van der Waals surface area contributed by atoms with Crippen molar-refractivity contribution in [3.05, 3.63) is 52.5 Å². The third-order valence-corrected chi connectivity index (χ3v) is 4.38. The smallest absolute Gasteiger partial charge is 0.251 e. The lowest BCUT2D eigenvalue weighted by Crippen LogP contribution is -2.27. The van der Waals surface area contributed by atoms with Crippen molar-refractivity contribution >= 4 is 12.0 Å². The fourth-order valence-corrected chi connectivity index (χ4v) is 3.28. The van der Waals surface area contributed by atoms with Gasteiger partial charge in [0, 0.05) is 29.5 Å². The average Bonchev–Trinajstić information content (AvgIpc) is 2.66. The van der Waals surface area contributed by atoms with E-state index in [2.05, 4.69) is 16.4 Å². The molecular formula is C20H20N4O3. The molecule has 1 aromatic carbocycles. The Bertz CT molecular complexity index is 976. The Morgan fingerprint density at radius 1 is 1.44 bits per heavy atom. The van der Waals surface area contributed by atoms with Crippen LogP contribution in [0, 0.1) is 18.3 Å². The second-order valence-electron chi connectivity index (χ2n) is 5.97. The van der Waals surface area contributed by atoms with Crippen molar-refractivity contribution in [2.24, 2.45) is 5.73 Å². The van der Waals surface area contributed by atoms with Gasteiger partial charge in [0.25, 0.3) is 5.91 Å². The Balaban J connectivity index is 2.41. The van der Waals surface area contributed by atoms with Crippen LogP contribution in [0.4, 0.5) is 0 Å². The summed E-state index contributed by atoms with van der Waals surface area (Å²) in [6.07, 6.45) is 3.10. The van der Waals surface area contributed by atoms with E-state index in [0.29, 0.717) is 51.6 Å². The number of nitrogens with one attached hydrogen (secondary N) is 1. The number of benzene rings is 1. The molecule has 0 saturated heterocycles. The van der Waals surface area contributed by atoms with Crippen molar-refractivity contribution in [3.8, 4) is 22.9 Å². The van der Waals surface area contributed by atoms with E-state index in [-0.39, 0.29) is 0 Å². The number of aromatic nitrogens is 1. The minimum Gasteiger partial charge on any atom is -0.496 e. The second-order valence-corrected chi connectivity index (χ2v) is 5.97. The van der Waals surface area contributed by atoms with Crippen molar-refractivity contribution in [2.45, 2.75) is 20.1 Å². The Morgan fingerprint density at radius 3 is 2.85 bits per heavy atom. The maximum atomic E-state index is 12.3. The number of hydrogen-bond acceptors (Lipinski definition) is 6. The molecule has 1 aliphatic heterocycles. The van der Waals surface area contributed by atoms with Crippen LogP contribution in [-0.2, 0) is 4.74 Å². The van der Waals surface area contributed by atoms with Gasteiger partial charge in [0.05, 0.1) is 35.7 Å². The normalized spacial score (nSPS) is 14.8. The van der Waals surface area contributed by atoms with E-state index in [1.807, 2.05) is 13.0 Å². The molecule has 0 aliphatic carbocycles. The highest BCUT2D eigenvalue weighted by Gasteiger charge is 2.29. The maximum absolute atomic E-state index is 12.3. The molecule has 0 fully saturated rings. The molecule has 1 aromatic heterocycles. The van der Waals surface area contributed by atoms with Crippen LogP contribution in [0.3, 0.4) is 0 Å². The number of rotatable bonds is 5. The van der Waals surface area contributed by atoms with Gasteiger partial charge >= 0.3 is 0 Å². The fraction of sp³-hybridized carbons (Fsp3) is 0.250. The number of hydrogen-bond donors (Lipinski definition) is 2. The third-order valence-electron chi connectivity index (χ3n) is 4.38. The molecule has 0 spiro atoms. The molecule has 2 heterocycles. The van der Waals surface area contributed by atoms with Crippen molar-refractivity contribution in [1.29, 1.82) is 5.26 Å². The minimum absolute atomic E-state index is 0.304. The molecule has 7 heteroatoms. The molecule has 1 atom stereocenters. The number of carbonyl (C=O) groups is 1. The van der Waals surface area contributed by atoms with E-state index >= 15 is 0 Å². The summed E-state index contributed by atoms with van der Waals surface area (Å²) >= 11 is 0. The van der Waals surface area contributed by atoms with Crippen molar-refractivity contribution in [2.75, 3.05) is 13.7 Å². The Kier molecular flexibility index (Phi) is 5.10. The fourth-order valence-electron chi connectivity index (χ4n) is 3.28. The summed E-state index contributed by atoms with van der Waals surface area (Å²) in [6, 6.07) is 7.14. The molecule has 2 aromatic rings. The van der Waals surface area contributed by atoms with Gasteiger partial charge in [-0.15, -0.1) is 0 Å². The number of ether oxygens (including phenoxy) is 2. The molecule has 3 rings (SSSR count). The van der Waals surface area contributed by atoms with Gasteiger partial charge < -0.3 is 20.5 Å². The first-order valence-corrected chi connectivity index (χ1v) is 8.48. The van der Waals surface area contributed by atoms with Gasteiger partial charge in [-0.1, -0.05) is 0 Å². The van der Waals surface area contributed by atoms with Crippen molar-refractivity contribution < 1.29 is 14.3 Å². The predicted octanol–water partition coefficient (Wildman–Crippen LogP) is 2.65. The lowest BCUT2D eigenvalue weighted by Gasteiger charge is -2.28. The standard InChI is InChI=1S/C20H20N4O3/c1-4-27-20-18-14(7-8-23-20)24-11(2)16(19(22)25)17(18)13-6-5-12(10-21)9-15(13)26-3/h5-9,20,23H,4H2,1-3H3,(H2,22,25). The lowest BCUT2D eigenvalue weighted by molar-refractivity contribution is 0.0465. The van der Waals surface area contributed by atoms with Gasteiger partial charge in [0.2, 0.25) is 0 Å². The number of aryl methyl sites for hydroxylation is 1. The molecule has 0 saturated carbocycles. The molecule has 1 amide bonds. The summed E-state index contributed by atoms with van der Waals surface area (Å²) in [5.41, 5.74) is 9.62. The highest BCUT2D eigenvalue weighted by Crippen LogP contribution is 2.41. The molecule has 0 radical (unpaired) electrons. The van der Waals surface area contributed by atoms with Crippen LogP contribution in [0.15, 0.2) is 24.4 Å². The van der Waals surface area contributed by atoms with Gasteiger partial charge in [0.15, 0.2) is 6.23 Å². The summed E-state index contributed by atoms with van der Waals surface area (Å²) in [4.78, 5) is 16.8. The van der Waals surface area contributed by atoms with Crippen LogP contribution >= 0.6 is 0 Å². The summed E-state index contributed by atoms with van der Waals surface area (Å²) in [5.74, 6) is -0.122. The predicted molar refractivity (Wildman–Crippen MR) is 101 cm³/mol. The quantitative estimate of drug-likeness (QED) is 0.844. The number of amides is 1. The molecule has 1 unspecified atom stereocenters. The van der Waals surface area contributed by atoms with Crippen LogP contribution in [0.2, 0.25) is 0 Å². The largest absolute Gasteiger partial charge is 0.496 e. The number of nitrogens with zero attached hydrogens (tertiary/aromatic N) is 2. The number of primary amides is 1. The number of pyridine rings is 1. The highest BCUT2D eigenvalue weighted by molar-refractivity contribution is 6.03. The lowest BCUT2D eigenvalue weighted by atomic mass is 9.89. The van der Waals surface area contributed by atoms with E-state index in [1.165, 1.54) is 7.11 Å². The molecule has 7 nitrogen and oxygen atoms in total. The van der Waals surface area contributed by atoms with E-state index in [0.717, 1.165) is 0 Å². The summed E-state index contributed by atoms with van der Waals surface area (Å²) in [7, 11) is 1.52. The maximum Gasteiger partial charge on any atom is 0.251 e. The number of nitrogens with two attached hydrogens (primary N) is 1. The van der Waals surface area contributed by atoms with Crippen LogP contribution in [0.25, 0.3) is 17.2 Å². The third kappa shape index (κ3) is 3.23. The van der Waals surface area contributed by atoms with Gasteiger partial charge in [-0.3, -0.25) is 9.78 Å². The van der Waals surface area contributed by atoms with Crippen molar-refractivity contribution in [1.82, 2.24) is 10.3 Å². The van der Waals surface area contributed by atoms with Crippen molar-refractivity contribution in [3.63, 3.8) is 0 Å². The minimum atomic E-state index is -0.589. The molecule has 27 heavy (non-hydrogen) atoms. The first-order valence-electron chi connectivity index (χ1n) is 8.48. The van der Waals surface area contributed by atoms with Crippen LogP contribution in [-0.4, -0.2) is 24.6 Å². The molecule has 138 valence electrons. The summed E-state index contributed by atoms with van der Waals surface area (Å²) in [5, 5.41) is 12.3. The van der Waals surface area contributed by atoms with Gasteiger partial charge in [0.1, 0.15) is 5.75 Å². The summed E-state index contributed by atoms with van der Waals surface area (Å²) in [6.45, 7) is 4.10. The Labute approximate surface area is 157 Å². The SMILES string of the molecule is CCOC1NC=Cc2nc(C)c(C(N)=O)c(-c3ccc(C#N)cc3OC)c21. The van der Waals surface area contributed by atoms with Crippen LogP contribution in [0.5, 0.6) is 5.75 Å². The first-order chi connectivity index (χ1) is 13.0. The van der Waals surface area contributed by atoms with Gasteiger partial charge in [-0.05, 0) is 38.1 Å². The topological polar surface area (TPSA) is 110 Å². The molecule has 3 N–H and O–H groups in total. The molecular weight excluding hydrogens is 344 g/mol. The van der Waals surface area contributed by atoms with E-state index in [4.69, 9.17) is 15.2 Å². The second kappa shape index (κ2) is 7.48. The Hall–Kier alpha value is -3.37. The zero-order valence-corrected chi connectivity index (χ0v) is 15.4. The van der Waals surface area contributed by atoms with E-state index < -0.39 is 12.1 Å². The number of carbonyl (C=O) groups excluding carboxylic acids is 1. The first kappa shape index (κ1) is 18.4. The van der Waals surface area contributed by atoms with Crippen LogP contribution in [0.1, 0.15) is 46.0 Å². The number of nitriles is 1. The Morgan fingerprint density at radius 2 is 2.22 bits per heavy atom. The highest BCUT2D eigenvalue weighted by atomic mass is 16.5. The number of methoxy groups -OCH3 is 1. The zero-order valence-electron chi connectivity index (χ0n) is 15.4. The zero-order chi connectivity index (χ0) is 19.6. The van der Waals surface area contributed by atoms with Gasteiger partial charge in [-0.2, -0.15) is 5.26 Å². The summed E-state index contributed by atoms with van der Waals surface area (Å²) < 4.78 is 11.3. The molecule has 0 bridgehead atoms. The average molecular weight is 364 g/mol. The monoisotopic (exact) mass is 364 g/mol. The van der Waals surface area contributed by atoms with Crippen LogP contribution < -0.4 is 15.8 Å². The number of fused-ring (bicyclic) bond motifs is 1. The van der Waals surface area contributed by atoms with E-state index in [1.54, 1.807) is 31.3 Å². The molecule has 1 aliphatic rings. The van der Waals surface area contributed by atoms with E-state index in [9.17, 15) is 10.1 Å².